The number of aromatic nitrogens is 2. The molecule has 8 rings (SSSR count). The second-order valence-electron chi connectivity index (χ2n) is 15.4. The molecule has 3 saturated heterocycles. The molecule has 5 heterocycles. The fourth-order valence-corrected chi connectivity index (χ4v) is 11.3. The van der Waals surface area contributed by atoms with Gasteiger partial charge in [-0.15, -0.1) is 23.5 Å². The van der Waals surface area contributed by atoms with Gasteiger partial charge in [0.1, 0.15) is 12.4 Å². The first-order valence-electron chi connectivity index (χ1n) is 18.2. The molecule has 5 atom stereocenters. The van der Waals surface area contributed by atoms with Gasteiger partial charge >= 0.3 is 6.01 Å². The van der Waals surface area contributed by atoms with E-state index in [2.05, 4.69) is 91.6 Å². The van der Waals surface area contributed by atoms with Gasteiger partial charge in [-0.1, -0.05) is 36.9 Å². The molecular weight excluding hydrogens is 720 g/mol. The van der Waals surface area contributed by atoms with Crippen molar-refractivity contribution in [1.29, 1.82) is 5.26 Å². The number of carbonyl (C=O) groups excluding carboxylic acids is 1. The van der Waals surface area contributed by atoms with Crippen molar-refractivity contribution < 1.29 is 22.7 Å². The summed E-state index contributed by atoms with van der Waals surface area (Å²) in [5, 5.41) is 12.3. The lowest BCUT2D eigenvalue weighted by molar-refractivity contribution is -0.131. The number of halogens is 3. The predicted octanol–water partition coefficient (Wildman–Crippen LogP) is 6.93. The summed E-state index contributed by atoms with van der Waals surface area (Å²) in [7, 11) is 2.09. The molecule has 0 spiro atoms. The molecule has 1 aliphatic carbocycles. The summed E-state index contributed by atoms with van der Waals surface area (Å²) in [4.78, 5) is 30.6. The molecule has 1 saturated carbocycles. The molecule has 53 heavy (non-hydrogen) atoms. The van der Waals surface area contributed by atoms with Crippen LogP contribution in [0.15, 0.2) is 48.8 Å². The first-order valence-corrected chi connectivity index (χ1v) is 20.0. The van der Waals surface area contributed by atoms with E-state index in [-0.39, 0.29) is 58.0 Å². The minimum Gasteiger partial charge on any atom is -0.462 e. The highest BCUT2D eigenvalue weighted by molar-refractivity contribution is 8.09. The van der Waals surface area contributed by atoms with E-state index < -0.39 is 23.7 Å². The third-order valence-corrected chi connectivity index (χ3v) is 15.6. The molecule has 3 aromatic rings. The zero-order valence-electron chi connectivity index (χ0n) is 30.4. The summed E-state index contributed by atoms with van der Waals surface area (Å²) in [6.07, 6.45) is 0.677. The summed E-state index contributed by atoms with van der Waals surface area (Å²) >= 11 is 3.59. The molecule has 0 N–H and O–H groups in total. The fourth-order valence-electron chi connectivity index (χ4n) is 8.61. The largest absolute Gasteiger partial charge is 0.462 e. The van der Waals surface area contributed by atoms with Gasteiger partial charge in [-0.2, -0.15) is 15.2 Å². The van der Waals surface area contributed by atoms with Crippen molar-refractivity contribution >= 4 is 51.7 Å². The SMILES string of the molecule is C=C(F)C(=O)N1CCN(c2nc(OCC3S[C@]3(C)N(C)C3S[C@@]3(C)C3CC(F)(F)C3)nc3c2CCN(c2cccc4cccc(C)c24)C3)C[C@@H]1CC#N. The smallest absolute Gasteiger partial charge is 0.318 e. The van der Waals surface area contributed by atoms with E-state index in [1.165, 1.54) is 21.2 Å². The van der Waals surface area contributed by atoms with Crippen LogP contribution in [0, 0.1) is 24.2 Å². The molecule has 280 valence electrons. The number of ether oxygens (including phenoxy) is 1. The van der Waals surface area contributed by atoms with Crippen LogP contribution in [0.2, 0.25) is 0 Å². The standard InChI is InChI=1S/C39H44F3N7O2S2/c1-23-8-6-9-25-10-7-11-30(32(23)25)47-15-13-28-29(21-47)44-36(45-33(28)48-16-17-49(34(50)24(2)40)27(20-48)12-14-43)51-22-31-38(4,52-31)46(5)35-37(3,53-35)26-18-39(41,42)19-26/h6-11,26-27,31,35H,2,12-13,15-22H2,1,3-5H3/t27-,31?,35?,37-,38-/m0/s1. The molecule has 14 heteroatoms. The first-order chi connectivity index (χ1) is 25.2. The number of hydrogen-bond donors (Lipinski definition) is 0. The Labute approximate surface area is 316 Å². The number of amides is 1. The van der Waals surface area contributed by atoms with Crippen LogP contribution in [-0.4, -0.2) is 97.7 Å². The van der Waals surface area contributed by atoms with Gasteiger partial charge in [0.15, 0.2) is 5.83 Å². The molecule has 5 aliphatic rings. The highest BCUT2D eigenvalue weighted by atomic mass is 32.2. The van der Waals surface area contributed by atoms with Gasteiger partial charge in [-0.25, -0.2) is 13.2 Å². The van der Waals surface area contributed by atoms with Crippen LogP contribution in [0.4, 0.5) is 24.7 Å². The minimum absolute atomic E-state index is 0.0273. The quantitative estimate of drug-likeness (QED) is 0.160. The highest BCUT2D eigenvalue weighted by Gasteiger charge is 2.69. The normalized spacial score (nSPS) is 29.0. The Bertz CT molecular complexity index is 2020. The van der Waals surface area contributed by atoms with Crippen molar-refractivity contribution in [1.82, 2.24) is 19.8 Å². The summed E-state index contributed by atoms with van der Waals surface area (Å²) < 4.78 is 47.6. The highest BCUT2D eigenvalue weighted by Crippen LogP contribution is 2.69. The Morgan fingerprint density at radius 3 is 2.58 bits per heavy atom. The number of benzene rings is 2. The van der Waals surface area contributed by atoms with E-state index in [1.807, 2.05) is 0 Å². The van der Waals surface area contributed by atoms with E-state index in [0.717, 1.165) is 29.3 Å². The molecule has 4 aliphatic heterocycles. The fraction of sp³-hybridized carbons (Fsp3) is 0.538. The number of rotatable bonds is 10. The number of piperazine rings is 1. The van der Waals surface area contributed by atoms with Crippen molar-refractivity contribution in [2.45, 2.75) is 85.2 Å². The summed E-state index contributed by atoms with van der Waals surface area (Å²) in [6.45, 7) is 12.3. The van der Waals surface area contributed by atoms with Crippen molar-refractivity contribution in [2.24, 2.45) is 5.92 Å². The lowest BCUT2D eigenvalue weighted by Gasteiger charge is -2.42. The summed E-state index contributed by atoms with van der Waals surface area (Å²) in [5.74, 6) is -3.60. The Balaban J connectivity index is 1.04. The third kappa shape index (κ3) is 6.50. The molecule has 4 fully saturated rings. The van der Waals surface area contributed by atoms with E-state index >= 15 is 0 Å². The van der Waals surface area contributed by atoms with Gasteiger partial charge in [0.25, 0.3) is 5.91 Å². The van der Waals surface area contributed by atoms with Crippen LogP contribution < -0.4 is 14.5 Å². The minimum atomic E-state index is -2.53. The third-order valence-electron chi connectivity index (χ3n) is 12.1. The molecule has 2 aromatic carbocycles. The van der Waals surface area contributed by atoms with Crippen molar-refractivity contribution in [3.63, 3.8) is 0 Å². The number of hydrogen-bond acceptors (Lipinski definition) is 10. The van der Waals surface area contributed by atoms with E-state index in [1.54, 1.807) is 23.5 Å². The molecule has 1 aromatic heterocycles. The van der Waals surface area contributed by atoms with Crippen molar-refractivity contribution in [3.8, 4) is 12.1 Å². The number of nitriles is 1. The monoisotopic (exact) mass is 763 g/mol. The van der Waals surface area contributed by atoms with E-state index in [4.69, 9.17) is 14.7 Å². The van der Waals surface area contributed by atoms with E-state index in [9.17, 15) is 23.2 Å². The number of anilines is 2. The van der Waals surface area contributed by atoms with Gasteiger partial charge in [0.2, 0.25) is 5.92 Å². The van der Waals surface area contributed by atoms with Crippen LogP contribution in [0.1, 0.15) is 49.9 Å². The number of carbonyl (C=O) groups is 1. The maximum Gasteiger partial charge on any atom is 0.318 e. The van der Waals surface area contributed by atoms with Crippen LogP contribution in [0.5, 0.6) is 6.01 Å². The van der Waals surface area contributed by atoms with Gasteiger partial charge in [0.05, 0.1) is 46.3 Å². The van der Waals surface area contributed by atoms with E-state index in [0.29, 0.717) is 32.7 Å². The predicted molar refractivity (Wildman–Crippen MR) is 204 cm³/mol. The number of nitrogens with zero attached hydrogens (tertiary/aromatic N) is 7. The van der Waals surface area contributed by atoms with Crippen molar-refractivity contribution in [3.05, 3.63) is 65.6 Å². The average Bonchev–Trinajstić information content (AvgIpc) is 4.02. The Hall–Kier alpha value is -3.67. The second kappa shape index (κ2) is 13.3. The molecule has 0 radical (unpaired) electrons. The maximum atomic E-state index is 14.0. The van der Waals surface area contributed by atoms with Crippen LogP contribution in [0.3, 0.4) is 0 Å². The molecule has 2 unspecified atom stereocenters. The molecule has 0 bridgehead atoms. The number of fused-ring (bicyclic) bond motifs is 2. The number of alkyl halides is 2. The lowest BCUT2D eigenvalue weighted by Crippen LogP contribution is -2.55. The number of thioether (sulfide) groups is 2. The summed E-state index contributed by atoms with van der Waals surface area (Å²) in [5.41, 5.74) is 4.21. The Morgan fingerprint density at radius 2 is 1.87 bits per heavy atom. The molecule has 9 nitrogen and oxygen atoms in total. The van der Waals surface area contributed by atoms with Gasteiger partial charge < -0.3 is 19.4 Å². The lowest BCUT2D eigenvalue weighted by atomic mass is 9.73. The van der Waals surface area contributed by atoms with Crippen molar-refractivity contribution in [2.75, 3.05) is 49.6 Å². The topological polar surface area (TPSA) is 88.8 Å². The van der Waals surface area contributed by atoms with Gasteiger partial charge in [0, 0.05) is 60.4 Å². The molecule has 1 amide bonds. The average molecular weight is 764 g/mol. The molecular formula is C39H44F3N7O2S2. The first kappa shape index (κ1) is 36.3. The Morgan fingerprint density at radius 1 is 1.11 bits per heavy atom. The van der Waals surface area contributed by atoms with Gasteiger partial charge in [-0.05, 0) is 57.2 Å². The zero-order chi connectivity index (χ0) is 37.4. The Kier molecular flexibility index (Phi) is 9.09. The zero-order valence-corrected chi connectivity index (χ0v) is 32.1. The van der Waals surface area contributed by atoms with Crippen LogP contribution in [0.25, 0.3) is 10.8 Å². The maximum absolute atomic E-state index is 14.0. The summed E-state index contributed by atoms with van der Waals surface area (Å²) in [6, 6.07) is 14.6. The van der Waals surface area contributed by atoms with Crippen LogP contribution >= 0.6 is 23.5 Å². The van der Waals surface area contributed by atoms with Gasteiger partial charge in [-0.3, -0.25) is 9.69 Å². The second-order valence-corrected chi connectivity index (χ2v) is 18.6. The number of aryl methyl sites for hydroxylation is 1. The van der Waals surface area contributed by atoms with Crippen LogP contribution in [-0.2, 0) is 17.8 Å².